The van der Waals surface area contributed by atoms with Gasteiger partial charge in [-0.25, -0.2) is 0 Å². The summed E-state index contributed by atoms with van der Waals surface area (Å²) in [7, 11) is 0. The molecule has 1 saturated heterocycles. The van der Waals surface area contributed by atoms with E-state index in [-0.39, 0.29) is 12.4 Å². The summed E-state index contributed by atoms with van der Waals surface area (Å²) in [4.78, 5) is 0. The summed E-state index contributed by atoms with van der Waals surface area (Å²) in [6.45, 7) is 5.52. The van der Waals surface area contributed by atoms with Crippen LogP contribution in [0, 0.1) is 13.8 Å². The van der Waals surface area contributed by atoms with Crippen molar-refractivity contribution in [1.29, 1.82) is 0 Å². The minimum absolute atomic E-state index is 0. The van der Waals surface area contributed by atoms with Gasteiger partial charge in [-0.15, -0.1) is 12.4 Å². The molecule has 1 N–H and O–H groups in total. The van der Waals surface area contributed by atoms with Crippen LogP contribution in [-0.2, 0) is 0 Å². The maximum atomic E-state index is 3.53. The van der Waals surface area contributed by atoms with Crippen molar-refractivity contribution >= 4 is 12.4 Å². The molecule has 1 aliphatic rings. The van der Waals surface area contributed by atoms with Gasteiger partial charge < -0.3 is 5.32 Å². The van der Waals surface area contributed by atoms with Gasteiger partial charge in [0.2, 0.25) is 0 Å². The SMILES string of the molecule is Cc1cc(C)cc([C@@H]2CCCN2)c1.Cl. The Balaban J connectivity index is 0.000000980. The van der Waals surface area contributed by atoms with E-state index in [1.54, 1.807) is 0 Å². The molecule has 1 aromatic carbocycles. The van der Waals surface area contributed by atoms with Crippen LogP contribution in [0.25, 0.3) is 0 Å². The lowest BCUT2D eigenvalue weighted by Crippen LogP contribution is -2.12. The van der Waals surface area contributed by atoms with Gasteiger partial charge in [0.1, 0.15) is 0 Å². The summed E-state index contributed by atoms with van der Waals surface area (Å²) in [6.07, 6.45) is 2.61. The molecular weight excluding hydrogens is 194 g/mol. The topological polar surface area (TPSA) is 12.0 Å². The second kappa shape index (κ2) is 4.81. The van der Waals surface area contributed by atoms with Crippen molar-refractivity contribution in [2.24, 2.45) is 0 Å². The van der Waals surface area contributed by atoms with Gasteiger partial charge in [0.05, 0.1) is 0 Å². The predicted molar refractivity (Wildman–Crippen MR) is 63.1 cm³/mol. The molecule has 1 atom stereocenters. The van der Waals surface area contributed by atoms with Crippen LogP contribution in [0.15, 0.2) is 18.2 Å². The van der Waals surface area contributed by atoms with E-state index in [2.05, 4.69) is 37.4 Å². The van der Waals surface area contributed by atoms with Gasteiger partial charge in [-0.05, 0) is 38.8 Å². The van der Waals surface area contributed by atoms with E-state index >= 15 is 0 Å². The fraction of sp³-hybridized carbons (Fsp3) is 0.500. The molecule has 1 aliphatic heterocycles. The normalized spacial score (nSPS) is 20.6. The fourth-order valence-electron chi connectivity index (χ4n) is 2.18. The minimum Gasteiger partial charge on any atom is -0.310 e. The molecule has 1 nitrogen and oxygen atoms in total. The Kier molecular flexibility index (Phi) is 3.97. The van der Waals surface area contributed by atoms with Crippen molar-refractivity contribution in [3.63, 3.8) is 0 Å². The zero-order chi connectivity index (χ0) is 9.26. The maximum absolute atomic E-state index is 3.53. The third kappa shape index (κ3) is 2.49. The zero-order valence-corrected chi connectivity index (χ0v) is 9.66. The Hall–Kier alpha value is -0.530. The number of benzene rings is 1. The van der Waals surface area contributed by atoms with Gasteiger partial charge in [-0.2, -0.15) is 0 Å². The quantitative estimate of drug-likeness (QED) is 0.753. The Morgan fingerprint density at radius 3 is 2.29 bits per heavy atom. The Morgan fingerprint density at radius 1 is 1.14 bits per heavy atom. The molecular formula is C12H18ClN. The first-order valence-electron chi connectivity index (χ1n) is 5.07. The third-order valence-electron chi connectivity index (χ3n) is 2.71. The average Bonchev–Trinajstić information content (AvgIpc) is 2.53. The number of aryl methyl sites for hydroxylation is 2. The highest BCUT2D eigenvalue weighted by molar-refractivity contribution is 5.85. The lowest BCUT2D eigenvalue weighted by atomic mass is 10.0. The van der Waals surface area contributed by atoms with Gasteiger partial charge in [-0.3, -0.25) is 0 Å². The van der Waals surface area contributed by atoms with E-state index in [4.69, 9.17) is 0 Å². The van der Waals surface area contributed by atoms with Crippen molar-refractivity contribution in [2.75, 3.05) is 6.54 Å². The minimum atomic E-state index is 0. The van der Waals surface area contributed by atoms with Crippen LogP contribution >= 0.6 is 12.4 Å². The number of hydrogen-bond donors (Lipinski definition) is 1. The molecule has 1 fully saturated rings. The molecule has 0 spiro atoms. The molecule has 1 heterocycles. The highest BCUT2D eigenvalue weighted by Crippen LogP contribution is 2.24. The van der Waals surface area contributed by atoms with Crippen LogP contribution in [0.2, 0.25) is 0 Å². The first kappa shape index (κ1) is 11.5. The molecule has 0 bridgehead atoms. The van der Waals surface area contributed by atoms with Crippen LogP contribution in [0.3, 0.4) is 0 Å². The molecule has 78 valence electrons. The molecule has 0 saturated carbocycles. The highest BCUT2D eigenvalue weighted by atomic mass is 35.5. The number of rotatable bonds is 1. The summed E-state index contributed by atoms with van der Waals surface area (Å²) < 4.78 is 0. The fourth-order valence-corrected chi connectivity index (χ4v) is 2.18. The number of halogens is 1. The van der Waals surface area contributed by atoms with Gasteiger partial charge in [0, 0.05) is 6.04 Å². The summed E-state index contributed by atoms with van der Waals surface area (Å²) in [5.41, 5.74) is 4.22. The maximum Gasteiger partial charge on any atom is 0.0320 e. The van der Waals surface area contributed by atoms with Crippen molar-refractivity contribution < 1.29 is 0 Å². The molecule has 14 heavy (non-hydrogen) atoms. The number of hydrogen-bond acceptors (Lipinski definition) is 1. The van der Waals surface area contributed by atoms with Crippen molar-refractivity contribution in [2.45, 2.75) is 32.7 Å². The summed E-state index contributed by atoms with van der Waals surface area (Å²) in [5.74, 6) is 0. The standard InChI is InChI=1S/C12H17N.ClH/c1-9-6-10(2)8-11(7-9)12-4-3-5-13-12;/h6-8,12-13H,3-5H2,1-2H3;1H/t12-;/m0./s1. The Bertz CT molecular complexity index is 283. The van der Waals surface area contributed by atoms with Gasteiger partial charge >= 0.3 is 0 Å². The highest BCUT2D eigenvalue weighted by Gasteiger charge is 2.15. The zero-order valence-electron chi connectivity index (χ0n) is 8.84. The lowest BCUT2D eigenvalue weighted by molar-refractivity contribution is 0.647. The lowest BCUT2D eigenvalue weighted by Gasteiger charge is -2.12. The van der Waals surface area contributed by atoms with Crippen LogP contribution in [0.5, 0.6) is 0 Å². The molecule has 1 aromatic rings. The van der Waals surface area contributed by atoms with Crippen molar-refractivity contribution in [3.05, 3.63) is 34.9 Å². The monoisotopic (exact) mass is 211 g/mol. The largest absolute Gasteiger partial charge is 0.310 e. The van der Waals surface area contributed by atoms with E-state index in [9.17, 15) is 0 Å². The van der Waals surface area contributed by atoms with Crippen LogP contribution in [0.4, 0.5) is 0 Å². The molecule has 0 aromatic heterocycles. The molecule has 0 amide bonds. The van der Waals surface area contributed by atoms with Crippen molar-refractivity contribution in [1.82, 2.24) is 5.32 Å². The molecule has 2 heteroatoms. The van der Waals surface area contributed by atoms with Gasteiger partial charge in [0.25, 0.3) is 0 Å². The predicted octanol–water partition coefficient (Wildman–Crippen LogP) is 3.15. The van der Waals surface area contributed by atoms with E-state index < -0.39 is 0 Å². The summed E-state index contributed by atoms with van der Waals surface area (Å²) in [5, 5.41) is 3.53. The number of nitrogens with one attached hydrogen (secondary N) is 1. The molecule has 0 aliphatic carbocycles. The Morgan fingerprint density at radius 2 is 1.79 bits per heavy atom. The van der Waals surface area contributed by atoms with Crippen LogP contribution in [0.1, 0.15) is 35.6 Å². The first-order chi connectivity index (χ1) is 6.25. The Labute approximate surface area is 92.3 Å². The summed E-state index contributed by atoms with van der Waals surface area (Å²) in [6, 6.07) is 7.45. The van der Waals surface area contributed by atoms with Gasteiger partial charge in [-0.1, -0.05) is 29.3 Å². The second-order valence-corrected chi connectivity index (χ2v) is 4.07. The van der Waals surface area contributed by atoms with E-state index in [1.807, 2.05) is 0 Å². The summed E-state index contributed by atoms with van der Waals surface area (Å²) >= 11 is 0. The second-order valence-electron chi connectivity index (χ2n) is 4.07. The first-order valence-corrected chi connectivity index (χ1v) is 5.07. The smallest absolute Gasteiger partial charge is 0.0320 e. The third-order valence-corrected chi connectivity index (χ3v) is 2.71. The van der Waals surface area contributed by atoms with Crippen molar-refractivity contribution in [3.8, 4) is 0 Å². The van der Waals surface area contributed by atoms with E-state index in [1.165, 1.54) is 36.1 Å². The van der Waals surface area contributed by atoms with E-state index in [0.29, 0.717) is 6.04 Å². The van der Waals surface area contributed by atoms with Crippen LogP contribution in [-0.4, -0.2) is 6.54 Å². The molecule has 0 radical (unpaired) electrons. The van der Waals surface area contributed by atoms with Gasteiger partial charge in [0.15, 0.2) is 0 Å². The molecule has 2 rings (SSSR count). The molecule has 0 unspecified atom stereocenters. The average molecular weight is 212 g/mol. The van der Waals surface area contributed by atoms with E-state index in [0.717, 1.165) is 0 Å². The van der Waals surface area contributed by atoms with Crippen LogP contribution < -0.4 is 5.32 Å².